The maximum atomic E-state index is 12.5. The predicted molar refractivity (Wildman–Crippen MR) is 93.0 cm³/mol. The summed E-state index contributed by atoms with van der Waals surface area (Å²) in [6.07, 6.45) is 1.07. The molecule has 6 heteroatoms. The molecule has 4 rings (SSSR count). The lowest BCUT2D eigenvalue weighted by atomic mass is 10.1. The van der Waals surface area contributed by atoms with Gasteiger partial charge in [-0.3, -0.25) is 14.2 Å². The highest BCUT2D eigenvalue weighted by atomic mass is 16.3. The van der Waals surface area contributed by atoms with E-state index in [1.54, 1.807) is 18.2 Å². The van der Waals surface area contributed by atoms with Crippen molar-refractivity contribution < 1.29 is 9.90 Å². The van der Waals surface area contributed by atoms with Gasteiger partial charge in [-0.15, -0.1) is 0 Å². The van der Waals surface area contributed by atoms with E-state index in [0.29, 0.717) is 17.5 Å². The minimum atomic E-state index is -0.660. The molecule has 0 bridgehead atoms. The number of aromatic nitrogens is 2. The molecule has 0 fully saturated rings. The van der Waals surface area contributed by atoms with E-state index in [0.717, 1.165) is 11.1 Å². The molecule has 25 heavy (non-hydrogen) atoms. The van der Waals surface area contributed by atoms with Gasteiger partial charge in [0.15, 0.2) is 0 Å². The second kappa shape index (κ2) is 6.14. The summed E-state index contributed by atoms with van der Waals surface area (Å²) in [5.41, 5.74) is 2.89. The number of aliphatic hydroxyl groups is 1. The zero-order chi connectivity index (χ0) is 17.4. The summed E-state index contributed by atoms with van der Waals surface area (Å²) in [6.45, 7) is -0.118. The number of carbonyl (C=O) groups is 1. The fourth-order valence-corrected chi connectivity index (χ4v) is 3.39. The molecule has 126 valence electrons. The Labute approximate surface area is 143 Å². The van der Waals surface area contributed by atoms with E-state index in [1.807, 2.05) is 30.3 Å². The molecule has 2 atom stereocenters. The Morgan fingerprint density at radius 3 is 2.84 bits per heavy atom. The van der Waals surface area contributed by atoms with Gasteiger partial charge in [-0.25, -0.2) is 4.98 Å². The Bertz CT molecular complexity index is 1010. The standard InChI is InChI=1S/C19H17N3O3/c23-16-9-12-5-1-2-6-13(12)19(16)21-17(24)11-22-15-8-4-3-7-14(15)20-10-18(22)25/h1-8,10,16,19,23H,9,11H2,(H,21,24)/t16-,19+/m1/s1. The van der Waals surface area contributed by atoms with Crippen molar-refractivity contribution >= 4 is 16.9 Å². The molecule has 3 aromatic rings. The van der Waals surface area contributed by atoms with E-state index in [9.17, 15) is 14.7 Å². The Balaban J connectivity index is 1.60. The number of nitrogens with one attached hydrogen (secondary N) is 1. The molecule has 1 aromatic heterocycles. The van der Waals surface area contributed by atoms with E-state index in [4.69, 9.17) is 0 Å². The SMILES string of the molecule is O=C(Cn1c(=O)cnc2ccccc21)N[C@H]1c2ccccc2C[C@H]1O. The van der Waals surface area contributed by atoms with Crippen LogP contribution in [0.3, 0.4) is 0 Å². The lowest BCUT2D eigenvalue weighted by Gasteiger charge is -2.18. The van der Waals surface area contributed by atoms with Crippen LogP contribution in [0.5, 0.6) is 0 Å². The van der Waals surface area contributed by atoms with E-state index in [2.05, 4.69) is 10.3 Å². The average Bonchev–Trinajstić information content (AvgIpc) is 2.93. The maximum absolute atomic E-state index is 12.5. The number of para-hydroxylation sites is 2. The van der Waals surface area contributed by atoms with Crippen LogP contribution in [0, 0.1) is 0 Å². The van der Waals surface area contributed by atoms with Crippen molar-refractivity contribution in [2.45, 2.75) is 25.1 Å². The predicted octanol–water partition coefficient (Wildman–Crippen LogP) is 1.17. The molecule has 1 aliphatic carbocycles. The molecular weight excluding hydrogens is 318 g/mol. The Hall–Kier alpha value is -2.99. The molecule has 2 aromatic carbocycles. The van der Waals surface area contributed by atoms with Crippen LogP contribution in [0.15, 0.2) is 59.5 Å². The van der Waals surface area contributed by atoms with Crippen molar-refractivity contribution in [2.24, 2.45) is 0 Å². The minimum absolute atomic E-state index is 0.118. The third-order valence-corrected chi connectivity index (χ3v) is 4.57. The van der Waals surface area contributed by atoms with Gasteiger partial charge in [-0.1, -0.05) is 36.4 Å². The summed E-state index contributed by atoms with van der Waals surface area (Å²) in [5, 5.41) is 13.1. The maximum Gasteiger partial charge on any atom is 0.269 e. The Kier molecular flexibility index (Phi) is 3.82. The zero-order valence-corrected chi connectivity index (χ0v) is 13.4. The third kappa shape index (κ3) is 2.81. The van der Waals surface area contributed by atoms with Crippen LogP contribution >= 0.6 is 0 Å². The highest BCUT2D eigenvalue weighted by molar-refractivity contribution is 5.80. The second-order valence-corrected chi connectivity index (χ2v) is 6.19. The molecule has 1 amide bonds. The fourth-order valence-electron chi connectivity index (χ4n) is 3.39. The summed E-state index contributed by atoms with van der Waals surface area (Å²) in [5.74, 6) is -0.320. The number of benzene rings is 2. The Morgan fingerprint density at radius 1 is 1.20 bits per heavy atom. The molecular formula is C19H17N3O3. The summed E-state index contributed by atoms with van der Waals surface area (Å²) in [4.78, 5) is 28.7. The van der Waals surface area contributed by atoms with Crippen molar-refractivity contribution in [3.8, 4) is 0 Å². The third-order valence-electron chi connectivity index (χ3n) is 4.57. The normalized spacial score (nSPS) is 18.9. The number of amides is 1. The molecule has 2 N–H and O–H groups in total. The van der Waals surface area contributed by atoms with Gasteiger partial charge >= 0.3 is 0 Å². The molecule has 1 heterocycles. The largest absolute Gasteiger partial charge is 0.390 e. The number of nitrogens with zero attached hydrogens (tertiary/aromatic N) is 2. The van der Waals surface area contributed by atoms with Crippen LogP contribution in [-0.2, 0) is 17.8 Å². The molecule has 6 nitrogen and oxygen atoms in total. The van der Waals surface area contributed by atoms with Crippen LogP contribution < -0.4 is 10.9 Å². The highest BCUT2D eigenvalue weighted by Crippen LogP contribution is 2.31. The molecule has 0 aliphatic heterocycles. The monoisotopic (exact) mass is 335 g/mol. The molecule has 1 aliphatic rings. The zero-order valence-electron chi connectivity index (χ0n) is 13.4. The minimum Gasteiger partial charge on any atom is -0.390 e. The lowest BCUT2D eigenvalue weighted by Crippen LogP contribution is -2.38. The van der Waals surface area contributed by atoms with Gasteiger partial charge in [0.25, 0.3) is 5.56 Å². The first kappa shape index (κ1) is 15.5. The number of rotatable bonds is 3. The van der Waals surface area contributed by atoms with Gasteiger partial charge in [0.05, 0.1) is 29.4 Å². The van der Waals surface area contributed by atoms with Gasteiger partial charge in [0.1, 0.15) is 6.54 Å². The topological polar surface area (TPSA) is 84.2 Å². The summed E-state index contributed by atoms with van der Waals surface area (Å²) < 4.78 is 1.39. The van der Waals surface area contributed by atoms with Crippen molar-refractivity contribution in [3.63, 3.8) is 0 Å². The van der Waals surface area contributed by atoms with E-state index < -0.39 is 12.1 Å². The van der Waals surface area contributed by atoms with Crippen LogP contribution in [-0.4, -0.2) is 26.7 Å². The smallest absolute Gasteiger partial charge is 0.269 e. The first-order valence-electron chi connectivity index (χ1n) is 8.13. The second-order valence-electron chi connectivity index (χ2n) is 6.19. The molecule has 0 saturated carbocycles. The average molecular weight is 335 g/mol. The van der Waals surface area contributed by atoms with Gasteiger partial charge in [-0.05, 0) is 23.3 Å². The number of hydrogen-bond donors (Lipinski definition) is 2. The summed E-state index contributed by atoms with van der Waals surface area (Å²) >= 11 is 0. The first-order valence-corrected chi connectivity index (χ1v) is 8.13. The number of hydrogen-bond acceptors (Lipinski definition) is 4. The molecule has 0 unspecified atom stereocenters. The number of aliphatic hydroxyl groups excluding tert-OH is 1. The van der Waals surface area contributed by atoms with Crippen LogP contribution in [0.4, 0.5) is 0 Å². The molecule has 0 spiro atoms. The number of fused-ring (bicyclic) bond motifs is 2. The first-order chi connectivity index (χ1) is 12.1. The Morgan fingerprint density at radius 2 is 1.96 bits per heavy atom. The number of carbonyl (C=O) groups excluding carboxylic acids is 1. The van der Waals surface area contributed by atoms with Gasteiger partial charge in [-0.2, -0.15) is 0 Å². The molecule has 0 radical (unpaired) electrons. The lowest BCUT2D eigenvalue weighted by molar-refractivity contribution is -0.123. The van der Waals surface area contributed by atoms with Crippen LogP contribution in [0.2, 0.25) is 0 Å². The van der Waals surface area contributed by atoms with Gasteiger partial charge in [0, 0.05) is 6.42 Å². The van der Waals surface area contributed by atoms with Crippen molar-refractivity contribution in [2.75, 3.05) is 0 Å². The van der Waals surface area contributed by atoms with Crippen molar-refractivity contribution in [1.82, 2.24) is 14.9 Å². The van der Waals surface area contributed by atoms with Crippen molar-refractivity contribution in [1.29, 1.82) is 0 Å². The van der Waals surface area contributed by atoms with Gasteiger partial charge < -0.3 is 10.4 Å². The summed E-state index contributed by atoms with van der Waals surface area (Å²) in [7, 11) is 0. The van der Waals surface area contributed by atoms with Crippen LogP contribution in [0.1, 0.15) is 17.2 Å². The fraction of sp³-hybridized carbons (Fsp3) is 0.211. The van der Waals surface area contributed by atoms with Crippen LogP contribution in [0.25, 0.3) is 11.0 Å². The van der Waals surface area contributed by atoms with E-state index in [-0.39, 0.29) is 18.0 Å². The summed E-state index contributed by atoms with van der Waals surface area (Å²) in [6, 6.07) is 14.4. The van der Waals surface area contributed by atoms with Gasteiger partial charge in [0.2, 0.25) is 5.91 Å². The van der Waals surface area contributed by atoms with Crippen molar-refractivity contribution in [3.05, 3.63) is 76.2 Å². The molecule has 0 saturated heterocycles. The van der Waals surface area contributed by atoms with E-state index in [1.165, 1.54) is 10.8 Å². The highest BCUT2D eigenvalue weighted by Gasteiger charge is 2.31. The quantitative estimate of drug-likeness (QED) is 0.752. The van der Waals surface area contributed by atoms with E-state index >= 15 is 0 Å².